The van der Waals surface area contributed by atoms with Crippen molar-refractivity contribution >= 4 is 152 Å². The van der Waals surface area contributed by atoms with Gasteiger partial charge >= 0.3 is 0 Å². The summed E-state index contributed by atoms with van der Waals surface area (Å²) in [5.41, 5.74) is 31.2. The van der Waals surface area contributed by atoms with Crippen LogP contribution in [0.4, 0.5) is 0 Å². The minimum Gasteiger partial charge on any atom is -0.455 e. The summed E-state index contributed by atoms with van der Waals surface area (Å²) in [6, 6.07) is 172. The van der Waals surface area contributed by atoms with E-state index >= 15 is 0 Å². The lowest BCUT2D eigenvalue weighted by molar-refractivity contribution is 0.670. The first-order valence-electron chi connectivity index (χ1n) is 44.7. The summed E-state index contributed by atoms with van der Waals surface area (Å²) in [4.78, 5) is 0. The highest BCUT2D eigenvalue weighted by molar-refractivity contribution is 6.28. The smallest absolute Gasteiger partial charge is 0.143 e. The van der Waals surface area contributed by atoms with Gasteiger partial charge in [-0.3, -0.25) is 0 Å². The minimum absolute atomic E-state index is 0.885. The lowest BCUT2D eigenvalue weighted by Crippen LogP contribution is -1.94. The molecular formula is C126H78N2O2. The second kappa shape index (κ2) is 30.3. The lowest BCUT2D eigenvalue weighted by atomic mass is 9.92. The van der Waals surface area contributed by atoms with E-state index in [4.69, 9.17) is 8.83 Å². The van der Waals surface area contributed by atoms with E-state index in [1.807, 2.05) is 0 Å². The Hall–Kier alpha value is -17.2. The largest absolute Gasteiger partial charge is 0.455 e. The quantitative estimate of drug-likeness (QED) is 0.121. The molecule has 604 valence electrons. The third kappa shape index (κ3) is 12.3. The van der Waals surface area contributed by atoms with E-state index in [2.05, 4.69) is 482 Å². The molecule has 27 aromatic rings. The van der Waals surface area contributed by atoms with E-state index in [1.165, 1.54) is 153 Å². The third-order valence-electron chi connectivity index (χ3n) is 27.1. The number of hydrogen-bond acceptors (Lipinski definition) is 2. The van der Waals surface area contributed by atoms with Crippen molar-refractivity contribution in [3.63, 3.8) is 0 Å². The fraction of sp³-hybridized carbons (Fsp3) is 0. The molecule has 0 spiro atoms. The highest BCUT2D eigenvalue weighted by Crippen LogP contribution is 2.50. The summed E-state index contributed by atoms with van der Waals surface area (Å²) in [7, 11) is 0. The number of hydrogen-bond donors (Lipinski definition) is 0. The van der Waals surface area contributed by atoms with Gasteiger partial charge in [-0.2, -0.15) is 0 Å². The second-order valence-corrected chi connectivity index (χ2v) is 34.4. The van der Waals surface area contributed by atoms with E-state index in [1.54, 1.807) is 0 Å². The summed E-state index contributed by atoms with van der Waals surface area (Å²) in [5, 5.41) is 24.7. The van der Waals surface area contributed by atoms with E-state index in [9.17, 15) is 0 Å². The molecule has 130 heavy (non-hydrogen) atoms. The van der Waals surface area contributed by atoms with E-state index in [-0.39, 0.29) is 0 Å². The zero-order valence-electron chi connectivity index (χ0n) is 70.7. The fourth-order valence-electron chi connectivity index (χ4n) is 20.9. The van der Waals surface area contributed by atoms with Crippen molar-refractivity contribution in [1.29, 1.82) is 0 Å². The van der Waals surface area contributed by atoms with Crippen LogP contribution in [0.5, 0.6) is 0 Å². The van der Waals surface area contributed by atoms with Gasteiger partial charge in [-0.25, -0.2) is 0 Å². The van der Waals surface area contributed by atoms with Gasteiger partial charge in [0.05, 0.1) is 22.1 Å². The Morgan fingerprint density at radius 1 is 0.123 bits per heavy atom. The van der Waals surface area contributed by atoms with Gasteiger partial charge in [-0.05, 0) is 269 Å². The Morgan fingerprint density at radius 2 is 0.362 bits per heavy atom. The number of benzene rings is 23. The number of para-hydroxylation sites is 2. The SMILES string of the molecule is c1ccc(-c2cc(-c3ccccc3)c3oc4c(-c5ccc6c(c5)c5ccccc5n6-c5ccc(-c6ccc7c8ccccc8c8ccccc8c7c6)cc5)cc(-c5ccccc5)cc4c3c2)cc1.c1ccc(-c2ccc3oc4c(-c5ccc6c(c5)c5ccccc5n6-c5ccc(-c6ccc7c8ccccc8c8ccccc8c7c6)cc5)cc(-c5ccccc5)cc4c3c2)cc1. The molecule has 0 N–H and O–H groups in total. The maximum absolute atomic E-state index is 7.19. The molecule has 23 aromatic carbocycles. The molecule has 0 bridgehead atoms. The van der Waals surface area contributed by atoms with Crippen LogP contribution in [-0.4, -0.2) is 9.13 Å². The summed E-state index contributed by atoms with van der Waals surface area (Å²) >= 11 is 0. The molecule has 4 nitrogen and oxygen atoms in total. The van der Waals surface area contributed by atoms with Crippen molar-refractivity contribution in [2.75, 3.05) is 0 Å². The molecule has 0 atom stereocenters. The van der Waals surface area contributed by atoms with Crippen molar-refractivity contribution in [3.8, 4) is 112 Å². The van der Waals surface area contributed by atoms with Gasteiger partial charge in [0.15, 0.2) is 0 Å². The van der Waals surface area contributed by atoms with E-state index in [0.29, 0.717) is 0 Å². The summed E-state index contributed by atoms with van der Waals surface area (Å²) in [6.45, 7) is 0. The van der Waals surface area contributed by atoms with Gasteiger partial charge in [-0.1, -0.05) is 352 Å². The molecule has 0 saturated heterocycles. The molecule has 4 heterocycles. The molecule has 0 fully saturated rings. The number of fused-ring (bicyclic) bond motifs is 24. The van der Waals surface area contributed by atoms with Crippen LogP contribution in [0.15, 0.2) is 482 Å². The minimum atomic E-state index is 0.885. The summed E-state index contributed by atoms with van der Waals surface area (Å²) in [5.74, 6) is 0. The van der Waals surface area contributed by atoms with E-state index < -0.39 is 0 Å². The summed E-state index contributed by atoms with van der Waals surface area (Å²) < 4.78 is 18.8. The lowest BCUT2D eigenvalue weighted by Gasteiger charge is -2.13. The van der Waals surface area contributed by atoms with Gasteiger partial charge in [-0.15, -0.1) is 0 Å². The molecule has 4 aromatic heterocycles. The van der Waals surface area contributed by atoms with Crippen molar-refractivity contribution in [1.82, 2.24) is 9.13 Å². The van der Waals surface area contributed by atoms with Crippen LogP contribution >= 0.6 is 0 Å². The first-order valence-corrected chi connectivity index (χ1v) is 44.7. The molecule has 27 rings (SSSR count). The predicted molar refractivity (Wildman–Crippen MR) is 550 cm³/mol. The predicted octanol–water partition coefficient (Wildman–Crippen LogP) is 35.3. The maximum atomic E-state index is 7.19. The van der Waals surface area contributed by atoms with Crippen LogP contribution in [-0.2, 0) is 0 Å². The first kappa shape index (κ1) is 74.3. The van der Waals surface area contributed by atoms with Crippen LogP contribution in [0.3, 0.4) is 0 Å². The highest BCUT2D eigenvalue weighted by atomic mass is 16.3. The molecule has 4 heteroatoms. The summed E-state index contributed by atoms with van der Waals surface area (Å²) in [6.07, 6.45) is 0. The molecule has 0 aliphatic rings. The highest BCUT2D eigenvalue weighted by Gasteiger charge is 2.25. The maximum Gasteiger partial charge on any atom is 0.143 e. The molecule has 0 unspecified atom stereocenters. The van der Waals surface area contributed by atoms with Gasteiger partial charge in [0.2, 0.25) is 0 Å². The monoisotopic (exact) mass is 1650 g/mol. The Bertz CT molecular complexity index is 9170. The number of rotatable bonds is 11. The average molecular weight is 1650 g/mol. The number of furan rings is 2. The normalized spacial score (nSPS) is 11.8. The number of aromatic nitrogens is 2. The van der Waals surface area contributed by atoms with Crippen molar-refractivity contribution < 1.29 is 8.83 Å². The van der Waals surface area contributed by atoms with Gasteiger partial charge in [0.1, 0.15) is 22.3 Å². The topological polar surface area (TPSA) is 36.1 Å². The first-order chi connectivity index (χ1) is 64.4. The van der Waals surface area contributed by atoms with Crippen LogP contribution in [0.25, 0.3) is 264 Å². The zero-order valence-corrected chi connectivity index (χ0v) is 70.7. The van der Waals surface area contributed by atoms with Crippen LogP contribution in [0, 0.1) is 0 Å². The molecule has 0 amide bonds. The van der Waals surface area contributed by atoms with Gasteiger partial charge in [0, 0.05) is 71.2 Å². The van der Waals surface area contributed by atoms with E-state index in [0.717, 1.165) is 111 Å². The molecule has 0 radical (unpaired) electrons. The Balaban J connectivity index is 0.000000137. The number of nitrogens with zero attached hydrogens (tertiary/aromatic N) is 2. The van der Waals surface area contributed by atoms with Crippen molar-refractivity contribution in [2.45, 2.75) is 0 Å². The molecule has 0 aliphatic heterocycles. The fourth-order valence-corrected chi connectivity index (χ4v) is 20.9. The standard InChI is InChI=1S/C66H41NO.C60H37NO/c1-4-16-42(17-5-1)48-38-57(45-20-8-3-9-21-45)65-61(40-48)62-41-49(43-18-6-2-7-19-43)39-58(66(62)68-65)47-31-35-64-60(37-47)56-26-14-15-27-63(56)67(64)50-32-28-44(29-33-50)46-30-34-55-53-24-11-10-22-51(53)52-23-12-13-25-54(52)59(55)36-46;1-3-13-38(14-4-1)42-27-32-59-55(34-42)56-37-44(39-15-5-2-6-16-39)36-52(60(56)62-59)43-26-31-58-54(35-43)51-21-11-12-22-57(51)61(58)45-28-23-40(24-29-45)41-25-30-50-48-19-8-7-17-46(48)47-18-9-10-20-49(47)53(50)33-41/h1-41H;1-37H. The molecular weight excluding hydrogens is 1570 g/mol. The van der Waals surface area contributed by atoms with Crippen LogP contribution in [0.2, 0.25) is 0 Å². The molecule has 0 saturated carbocycles. The second-order valence-electron chi connectivity index (χ2n) is 34.4. The Labute approximate surface area is 749 Å². The van der Waals surface area contributed by atoms with Gasteiger partial charge in [0.25, 0.3) is 0 Å². The average Bonchev–Trinajstić information content (AvgIpc) is 1.06. The zero-order chi connectivity index (χ0) is 85.4. The van der Waals surface area contributed by atoms with Crippen LogP contribution < -0.4 is 0 Å². The third-order valence-corrected chi connectivity index (χ3v) is 27.1. The van der Waals surface area contributed by atoms with Crippen molar-refractivity contribution in [2.24, 2.45) is 0 Å². The Morgan fingerprint density at radius 3 is 0.738 bits per heavy atom. The van der Waals surface area contributed by atoms with Gasteiger partial charge < -0.3 is 18.0 Å². The van der Waals surface area contributed by atoms with Crippen molar-refractivity contribution in [3.05, 3.63) is 473 Å². The van der Waals surface area contributed by atoms with Crippen LogP contribution in [0.1, 0.15) is 0 Å². The molecule has 0 aliphatic carbocycles. The Kier molecular flexibility index (Phi) is 17.3.